The van der Waals surface area contributed by atoms with Crippen LogP contribution in [0.25, 0.3) is 11.1 Å². The fourth-order valence-electron chi connectivity index (χ4n) is 2.70. The van der Waals surface area contributed by atoms with Gasteiger partial charge in [0.25, 0.3) is 5.22 Å². The normalized spacial score (nSPS) is 21.0. The van der Waals surface area contributed by atoms with Crippen LogP contribution in [-0.2, 0) is 0 Å². The second-order valence-electron chi connectivity index (χ2n) is 5.21. The summed E-state index contributed by atoms with van der Waals surface area (Å²) in [5, 5.41) is 0.805. The maximum absolute atomic E-state index is 5.72. The molecule has 102 valence electrons. The van der Waals surface area contributed by atoms with Gasteiger partial charge in [0.2, 0.25) is 0 Å². The molecule has 0 N–H and O–H groups in total. The lowest BCUT2D eigenvalue weighted by Crippen LogP contribution is -2.36. The fourth-order valence-corrected chi connectivity index (χ4v) is 3.58. The number of nitrogens with zero attached hydrogens (tertiary/aromatic N) is 2. The number of hydrogen-bond donors (Lipinski definition) is 0. The topological polar surface area (TPSA) is 29.3 Å². The first-order valence-electron chi connectivity index (χ1n) is 7.01. The van der Waals surface area contributed by atoms with Crippen LogP contribution in [0.5, 0.6) is 0 Å². The number of thioether (sulfide) groups is 1. The van der Waals surface area contributed by atoms with E-state index in [9.17, 15) is 0 Å². The van der Waals surface area contributed by atoms with Crippen molar-refractivity contribution in [2.45, 2.75) is 36.9 Å². The van der Waals surface area contributed by atoms with Crippen molar-refractivity contribution < 1.29 is 4.42 Å². The summed E-state index contributed by atoms with van der Waals surface area (Å²) in [6, 6.07) is 8.69. The summed E-state index contributed by atoms with van der Waals surface area (Å²) in [5.41, 5.74) is 1.85. The van der Waals surface area contributed by atoms with Crippen molar-refractivity contribution in [3.63, 3.8) is 0 Å². The third-order valence-corrected chi connectivity index (χ3v) is 4.73. The first kappa shape index (κ1) is 13.0. The second kappa shape index (κ2) is 5.97. The average molecular weight is 276 g/mol. The second-order valence-corrected chi connectivity index (χ2v) is 6.26. The van der Waals surface area contributed by atoms with Crippen LogP contribution in [-0.4, -0.2) is 35.3 Å². The number of likely N-dealkylation sites (tertiary alicyclic amines) is 1. The van der Waals surface area contributed by atoms with Crippen LogP contribution in [0.3, 0.4) is 0 Å². The third kappa shape index (κ3) is 3.12. The minimum absolute atomic E-state index is 0.741. The molecule has 1 aliphatic rings. The highest BCUT2D eigenvalue weighted by Crippen LogP contribution is 2.26. The lowest BCUT2D eigenvalue weighted by molar-refractivity contribution is 0.182. The Balaban J connectivity index is 1.54. The molecule has 2 aromatic rings. The van der Waals surface area contributed by atoms with E-state index in [1.54, 1.807) is 11.8 Å². The molecule has 3 rings (SSSR count). The number of rotatable bonds is 4. The zero-order valence-corrected chi connectivity index (χ0v) is 12.2. The van der Waals surface area contributed by atoms with E-state index >= 15 is 0 Å². The molecule has 19 heavy (non-hydrogen) atoms. The molecule has 1 saturated heterocycles. The van der Waals surface area contributed by atoms with Crippen LogP contribution in [0.4, 0.5) is 0 Å². The van der Waals surface area contributed by atoms with E-state index in [0.29, 0.717) is 0 Å². The molecule has 0 bridgehead atoms. The number of fused-ring (bicyclic) bond motifs is 1. The predicted octanol–water partition coefficient (Wildman–Crippen LogP) is 3.79. The van der Waals surface area contributed by atoms with E-state index < -0.39 is 0 Å². The zero-order chi connectivity index (χ0) is 13.1. The summed E-state index contributed by atoms with van der Waals surface area (Å²) in [6.45, 7) is 1.25. The maximum Gasteiger partial charge on any atom is 0.256 e. The minimum atomic E-state index is 0.741. The molecular formula is C15H20N2OS. The number of aromatic nitrogens is 1. The molecule has 0 aliphatic carbocycles. The van der Waals surface area contributed by atoms with Crippen LogP contribution >= 0.6 is 11.8 Å². The Morgan fingerprint density at radius 2 is 2.26 bits per heavy atom. The van der Waals surface area contributed by atoms with Crippen LogP contribution in [0.2, 0.25) is 0 Å². The van der Waals surface area contributed by atoms with Gasteiger partial charge >= 0.3 is 0 Å². The summed E-state index contributed by atoms with van der Waals surface area (Å²) in [5.74, 6) is 1.09. The number of benzene rings is 1. The van der Waals surface area contributed by atoms with Crippen LogP contribution in [0, 0.1) is 0 Å². The van der Waals surface area contributed by atoms with Gasteiger partial charge in [-0.3, -0.25) is 0 Å². The first-order chi connectivity index (χ1) is 9.33. The van der Waals surface area contributed by atoms with Gasteiger partial charge in [0, 0.05) is 11.8 Å². The number of hydrogen-bond acceptors (Lipinski definition) is 4. The Kier molecular flexibility index (Phi) is 4.09. The van der Waals surface area contributed by atoms with E-state index in [4.69, 9.17) is 4.42 Å². The van der Waals surface area contributed by atoms with Gasteiger partial charge in [-0.1, -0.05) is 30.3 Å². The molecular weight excluding hydrogens is 256 g/mol. The molecule has 1 aromatic heterocycles. The van der Waals surface area contributed by atoms with Crippen molar-refractivity contribution in [3.05, 3.63) is 24.3 Å². The van der Waals surface area contributed by atoms with Gasteiger partial charge in [-0.25, -0.2) is 4.98 Å². The predicted molar refractivity (Wildman–Crippen MR) is 79.6 cm³/mol. The van der Waals surface area contributed by atoms with Crippen LogP contribution in [0.15, 0.2) is 33.9 Å². The largest absolute Gasteiger partial charge is 0.431 e. The average Bonchev–Trinajstić information content (AvgIpc) is 2.83. The van der Waals surface area contributed by atoms with Crippen molar-refractivity contribution in [1.82, 2.24) is 9.88 Å². The molecule has 1 aromatic carbocycles. The molecule has 4 heteroatoms. The van der Waals surface area contributed by atoms with Gasteiger partial charge in [0.15, 0.2) is 5.58 Å². The van der Waals surface area contributed by atoms with Crippen molar-refractivity contribution in [3.8, 4) is 0 Å². The smallest absolute Gasteiger partial charge is 0.256 e. The van der Waals surface area contributed by atoms with Gasteiger partial charge in [-0.15, -0.1) is 0 Å². The Morgan fingerprint density at radius 1 is 1.37 bits per heavy atom. The van der Waals surface area contributed by atoms with E-state index in [1.165, 1.54) is 32.2 Å². The van der Waals surface area contributed by atoms with Gasteiger partial charge in [0.05, 0.1) is 0 Å². The molecule has 1 unspecified atom stereocenters. The monoisotopic (exact) mass is 276 g/mol. The van der Waals surface area contributed by atoms with Gasteiger partial charge in [0.1, 0.15) is 5.52 Å². The van der Waals surface area contributed by atoms with E-state index in [2.05, 4.69) is 16.9 Å². The fraction of sp³-hybridized carbons (Fsp3) is 0.533. The van der Waals surface area contributed by atoms with Crippen LogP contribution < -0.4 is 0 Å². The molecule has 3 nitrogen and oxygen atoms in total. The minimum Gasteiger partial charge on any atom is -0.431 e. The van der Waals surface area contributed by atoms with Crippen molar-refractivity contribution in [2.24, 2.45) is 0 Å². The SMILES string of the molecule is CN1CCCCC1CCSc1nc2ccccc2o1. The van der Waals surface area contributed by atoms with Gasteiger partial charge in [-0.05, 0) is 45.0 Å². The maximum atomic E-state index is 5.72. The number of piperidine rings is 1. The summed E-state index contributed by atoms with van der Waals surface area (Å²) < 4.78 is 5.72. The molecule has 1 fully saturated rings. The van der Waals surface area contributed by atoms with Gasteiger partial charge < -0.3 is 9.32 Å². The van der Waals surface area contributed by atoms with Crippen LogP contribution in [0.1, 0.15) is 25.7 Å². The summed E-state index contributed by atoms with van der Waals surface area (Å²) in [4.78, 5) is 6.99. The molecule has 0 radical (unpaired) electrons. The lowest BCUT2D eigenvalue weighted by Gasteiger charge is -2.32. The molecule has 1 aliphatic heterocycles. The molecule has 0 spiro atoms. The Bertz CT molecular complexity index is 507. The first-order valence-corrected chi connectivity index (χ1v) is 8.00. The van der Waals surface area contributed by atoms with Gasteiger partial charge in [-0.2, -0.15) is 0 Å². The Labute approximate surface area is 118 Å². The molecule has 2 heterocycles. The standard InChI is InChI=1S/C15H20N2OS/c1-17-10-5-4-6-12(17)9-11-19-15-16-13-7-2-3-8-14(13)18-15/h2-3,7-8,12H,4-6,9-11H2,1H3. The Hall–Kier alpha value is -1.00. The highest BCUT2D eigenvalue weighted by atomic mass is 32.2. The number of oxazole rings is 1. The summed E-state index contributed by atoms with van der Waals surface area (Å²) in [7, 11) is 2.24. The lowest BCUT2D eigenvalue weighted by atomic mass is 10.0. The molecule has 0 saturated carbocycles. The van der Waals surface area contributed by atoms with E-state index in [-0.39, 0.29) is 0 Å². The van der Waals surface area contributed by atoms with E-state index in [0.717, 1.165) is 28.1 Å². The molecule has 1 atom stereocenters. The molecule has 0 amide bonds. The third-order valence-electron chi connectivity index (χ3n) is 3.87. The highest BCUT2D eigenvalue weighted by Gasteiger charge is 2.18. The Morgan fingerprint density at radius 3 is 3.11 bits per heavy atom. The summed E-state index contributed by atoms with van der Waals surface area (Å²) >= 11 is 1.74. The van der Waals surface area contributed by atoms with E-state index in [1.807, 2.05) is 24.3 Å². The van der Waals surface area contributed by atoms with Crippen molar-refractivity contribution >= 4 is 22.9 Å². The van der Waals surface area contributed by atoms with Crippen molar-refractivity contribution in [1.29, 1.82) is 0 Å². The highest BCUT2D eigenvalue weighted by molar-refractivity contribution is 7.99. The zero-order valence-electron chi connectivity index (χ0n) is 11.3. The summed E-state index contributed by atoms with van der Waals surface area (Å²) in [6.07, 6.45) is 5.29. The number of para-hydroxylation sites is 2. The quantitative estimate of drug-likeness (QED) is 0.794. The van der Waals surface area contributed by atoms with Crippen molar-refractivity contribution in [2.75, 3.05) is 19.3 Å².